The summed E-state index contributed by atoms with van der Waals surface area (Å²) in [4.78, 5) is 9.22. The van der Waals surface area contributed by atoms with Crippen molar-refractivity contribution in [3.05, 3.63) is 29.3 Å². The van der Waals surface area contributed by atoms with Crippen LogP contribution in [0.25, 0.3) is 0 Å². The number of aliphatic carboxylic acids is 1. The molecule has 0 spiro atoms. The van der Waals surface area contributed by atoms with Crippen molar-refractivity contribution >= 4 is 16.0 Å². The van der Waals surface area contributed by atoms with E-state index < -0.39 is 45.6 Å². The molecular weight excluding hydrogens is 313 g/mol. The highest BCUT2D eigenvalue weighted by atomic mass is 32.2. The van der Waals surface area contributed by atoms with Crippen LogP contribution in [0.5, 0.6) is 0 Å². The van der Waals surface area contributed by atoms with Crippen molar-refractivity contribution < 1.29 is 31.5 Å². The topological polar surface area (TPSA) is 107 Å². The second-order valence-electron chi connectivity index (χ2n) is 3.86. The van der Waals surface area contributed by atoms with E-state index in [-0.39, 0.29) is 5.56 Å². The third-order valence-electron chi connectivity index (χ3n) is 2.33. The molecule has 0 heterocycles. The zero-order valence-corrected chi connectivity index (χ0v) is 11.1. The molecule has 10 heteroatoms. The molecule has 0 amide bonds. The maximum Gasteiger partial charge on any atom is 0.417 e. The van der Waals surface area contributed by atoms with Gasteiger partial charge in [0.25, 0.3) is 0 Å². The minimum atomic E-state index is -4.97. The molecule has 0 fully saturated rings. The molecule has 0 saturated carbocycles. The van der Waals surface area contributed by atoms with Crippen LogP contribution in [0.2, 0.25) is 0 Å². The van der Waals surface area contributed by atoms with Gasteiger partial charge in [-0.3, -0.25) is 4.79 Å². The van der Waals surface area contributed by atoms with E-state index in [1.807, 2.05) is 0 Å². The fourth-order valence-corrected chi connectivity index (χ4v) is 2.66. The summed E-state index contributed by atoms with van der Waals surface area (Å²) in [7, 11) is -4.54. The van der Waals surface area contributed by atoms with E-state index >= 15 is 0 Å². The zero-order chi connectivity index (χ0) is 16.3. The van der Waals surface area contributed by atoms with Crippen molar-refractivity contribution in [2.75, 3.05) is 6.54 Å². The van der Waals surface area contributed by atoms with Crippen LogP contribution in [0.4, 0.5) is 13.2 Å². The third-order valence-corrected chi connectivity index (χ3v) is 3.85. The monoisotopic (exact) mass is 322 g/mol. The van der Waals surface area contributed by atoms with E-state index in [1.165, 1.54) is 6.07 Å². The average Bonchev–Trinajstić information content (AvgIpc) is 2.36. The summed E-state index contributed by atoms with van der Waals surface area (Å²) < 4.78 is 63.9. The lowest BCUT2D eigenvalue weighted by atomic mass is 10.1. The van der Waals surface area contributed by atoms with Crippen LogP contribution in [0.1, 0.15) is 17.5 Å². The van der Waals surface area contributed by atoms with Gasteiger partial charge in [0.15, 0.2) is 0 Å². The average molecular weight is 322 g/mol. The number of nitrogens with one attached hydrogen (secondary N) is 1. The summed E-state index contributed by atoms with van der Waals surface area (Å²) in [5.74, 6) is -1.30. The number of carboxylic acid groups (broad SMARTS) is 1. The first-order chi connectivity index (χ1) is 9.58. The molecule has 0 saturated heterocycles. The molecule has 0 radical (unpaired) electrons. The zero-order valence-electron chi connectivity index (χ0n) is 10.3. The van der Waals surface area contributed by atoms with Gasteiger partial charge < -0.3 is 5.11 Å². The highest BCUT2D eigenvalue weighted by molar-refractivity contribution is 7.89. The Kier molecular flexibility index (Phi) is 4.93. The van der Waals surface area contributed by atoms with Crippen molar-refractivity contribution in [3.8, 4) is 6.07 Å². The van der Waals surface area contributed by atoms with Crippen LogP contribution in [-0.4, -0.2) is 26.0 Å². The molecule has 0 atom stereocenters. The van der Waals surface area contributed by atoms with Gasteiger partial charge in [0, 0.05) is 6.54 Å². The number of rotatable bonds is 5. The molecule has 0 aliphatic carbocycles. The molecule has 0 aliphatic rings. The lowest BCUT2D eigenvalue weighted by Crippen LogP contribution is -2.28. The second kappa shape index (κ2) is 6.11. The van der Waals surface area contributed by atoms with Crippen LogP contribution in [0.15, 0.2) is 23.1 Å². The Morgan fingerprint density at radius 2 is 2.00 bits per heavy atom. The SMILES string of the molecule is N#Cc1ccc(S(=O)(=O)NCCC(=O)O)c(C(F)(F)F)c1. The molecule has 1 rings (SSSR count). The maximum absolute atomic E-state index is 12.8. The highest BCUT2D eigenvalue weighted by Gasteiger charge is 2.37. The van der Waals surface area contributed by atoms with Crippen molar-refractivity contribution in [1.82, 2.24) is 4.72 Å². The molecule has 0 aromatic heterocycles. The molecule has 21 heavy (non-hydrogen) atoms. The molecule has 6 nitrogen and oxygen atoms in total. The van der Waals surface area contributed by atoms with Crippen LogP contribution in [-0.2, 0) is 21.0 Å². The molecule has 1 aromatic rings. The lowest BCUT2D eigenvalue weighted by molar-refractivity contribution is -0.140. The number of alkyl halides is 3. The summed E-state index contributed by atoms with van der Waals surface area (Å²) in [6, 6.07) is 3.49. The normalized spacial score (nSPS) is 11.9. The number of nitriles is 1. The third kappa shape index (κ3) is 4.44. The maximum atomic E-state index is 12.8. The molecule has 0 bridgehead atoms. The lowest BCUT2D eigenvalue weighted by Gasteiger charge is -2.13. The minimum Gasteiger partial charge on any atom is -0.481 e. The van der Waals surface area contributed by atoms with E-state index in [9.17, 15) is 26.4 Å². The Labute approximate surface area is 117 Å². The summed E-state index contributed by atoms with van der Waals surface area (Å²) in [6.45, 7) is -0.547. The minimum absolute atomic E-state index is 0.341. The summed E-state index contributed by atoms with van der Waals surface area (Å²) in [5, 5.41) is 17.0. The molecule has 1 aromatic carbocycles. The van der Waals surface area contributed by atoms with Gasteiger partial charge in [0.1, 0.15) is 0 Å². The Morgan fingerprint density at radius 3 is 2.48 bits per heavy atom. The van der Waals surface area contributed by atoms with Crippen molar-refractivity contribution in [1.29, 1.82) is 5.26 Å². The number of carboxylic acids is 1. The first-order valence-corrected chi connectivity index (χ1v) is 6.89. The van der Waals surface area contributed by atoms with Gasteiger partial charge in [-0.15, -0.1) is 0 Å². The Balaban J connectivity index is 3.23. The number of benzene rings is 1. The Hall–Kier alpha value is -2.12. The van der Waals surface area contributed by atoms with E-state index in [0.717, 1.165) is 6.07 Å². The summed E-state index contributed by atoms with van der Waals surface area (Å²) >= 11 is 0. The van der Waals surface area contributed by atoms with Crippen molar-refractivity contribution in [2.45, 2.75) is 17.5 Å². The molecule has 0 aliphatic heterocycles. The highest BCUT2D eigenvalue weighted by Crippen LogP contribution is 2.34. The predicted molar refractivity (Wildman–Crippen MR) is 63.6 cm³/mol. The number of halogens is 3. The van der Waals surface area contributed by atoms with Gasteiger partial charge in [0.2, 0.25) is 10.0 Å². The largest absolute Gasteiger partial charge is 0.481 e. The van der Waals surface area contributed by atoms with Crippen molar-refractivity contribution in [3.63, 3.8) is 0 Å². The van der Waals surface area contributed by atoms with Gasteiger partial charge in [-0.05, 0) is 18.2 Å². The fraction of sp³-hybridized carbons (Fsp3) is 0.273. The Bertz CT molecular complexity index is 692. The number of hydrogen-bond acceptors (Lipinski definition) is 4. The summed E-state index contributed by atoms with van der Waals surface area (Å²) in [5.41, 5.74) is -1.82. The number of sulfonamides is 1. The second-order valence-corrected chi connectivity index (χ2v) is 5.60. The van der Waals surface area contributed by atoms with E-state index in [0.29, 0.717) is 12.1 Å². The van der Waals surface area contributed by atoms with E-state index in [4.69, 9.17) is 10.4 Å². The van der Waals surface area contributed by atoms with Gasteiger partial charge in [-0.2, -0.15) is 18.4 Å². The molecule has 0 unspecified atom stereocenters. The first kappa shape index (κ1) is 16.9. The quantitative estimate of drug-likeness (QED) is 0.850. The van der Waals surface area contributed by atoms with Crippen LogP contribution >= 0.6 is 0 Å². The standard InChI is InChI=1S/C11H9F3N2O4S/c12-11(13,14)8-5-7(6-15)1-2-9(8)21(19,20)16-4-3-10(17)18/h1-2,5,16H,3-4H2,(H,17,18). The van der Waals surface area contributed by atoms with E-state index in [2.05, 4.69) is 0 Å². The summed E-state index contributed by atoms with van der Waals surface area (Å²) in [6.07, 6.45) is -5.54. The smallest absolute Gasteiger partial charge is 0.417 e. The van der Waals surface area contributed by atoms with Gasteiger partial charge in [0.05, 0.1) is 28.5 Å². The van der Waals surface area contributed by atoms with Crippen LogP contribution in [0.3, 0.4) is 0 Å². The van der Waals surface area contributed by atoms with Gasteiger partial charge >= 0.3 is 12.1 Å². The predicted octanol–water partition coefficient (Wildman–Crippen LogP) is 1.33. The fourth-order valence-electron chi connectivity index (χ4n) is 1.43. The number of nitrogens with zero attached hydrogens (tertiary/aromatic N) is 1. The number of hydrogen-bond donors (Lipinski definition) is 2. The molecular formula is C11H9F3N2O4S. The molecule has 114 valence electrons. The number of carbonyl (C=O) groups is 1. The van der Waals surface area contributed by atoms with Gasteiger partial charge in [-0.25, -0.2) is 13.1 Å². The van der Waals surface area contributed by atoms with Crippen LogP contribution < -0.4 is 4.72 Å². The van der Waals surface area contributed by atoms with Crippen LogP contribution in [0, 0.1) is 11.3 Å². The Morgan fingerprint density at radius 1 is 1.38 bits per heavy atom. The first-order valence-electron chi connectivity index (χ1n) is 5.41. The van der Waals surface area contributed by atoms with E-state index in [1.54, 1.807) is 4.72 Å². The van der Waals surface area contributed by atoms with Crippen molar-refractivity contribution in [2.24, 2.45) is 0 Å². The van der Waals surface area contributed by atoms with Gasteiger partial charge in [-0.1, -0.05) is 0 Å². The molecule has 2 N–H and O–H groups in total.